The fraction of sp³-hybridized carbons (Fsp3) is 0.600. The summed E-state index contributed by atoms with van der Waals surface area (Å²) in [5.74, 6) is -0.763. The van der Waals surface area contributed by atoms with Gasteiger partial charge in [-0.1, -0.05) is 12.1 Å². The quantitative estimate of drug-likeness (QED) is 0.616. The molecule has 196 valence electrons. The van der Waals surface area contributed by atoms with Crippen LogP contribution in [0.4, 0.5) is 4.79 Å². The molecule has 3 amide bonds. The zero-order valence-corrected chi connectivity index (χ0v) is 21.6. The van der Waals surface area contributed by atoms with Crippen molar-refractivity contribution in [3.05, 3.63) is 34.2 Å². The van der Waals surface area contributed by atoms with Crippen molar-refractivity contribution in [2.24, 2.45) is 7.05 Å². The van der Waals surface area contributed by atoms with Crippen molar-refractivity contribution in [3.63, 3.8) is 0 Å². The number of morpholine rings is 1. The molecule has 2 saturated heterocycles. The summed E-state index contributed by atoms with van der Waals surface area (Å²) < 4.78 is 14.4. The Morgan fingerprint density at radius 3 is 2.69 bits per heavy atom. The highest BCUT2D eigenvalue weighted by Crippen LogP contribution is 2.26. The first-order valence-corrected chi connectivity index (χ1v) is 12.2. The molecular formula is C25H35N5O6. The molecule has 0 radical (unpaired) electrons. The maximum Gasteiger partial charge on any atom is 0.410 e. The van der Waals surface area contributed by atoms with Gasteiger partial charge in [0.25, 0.3) is 0 Å². The number of carbonyl (C=O) groups is 3. The van der Waals surface area contributed by atoms with E-state index in [4.69, 9.17) is 9.47 Å². The number of hydrogen-bond donors (Lipinski definition) is 1. The number of para-hydroxylation sites is 1. The van der Waals surface area contributed by atoms with Crippen LogP contribution in [0.2, 0.25) is 0 Å². The minimum absolute atomic E-state index is 0.174. The van der Waals surface area contributed by atoms with Gasteiger partial charge in [0, 0.05) is 40.2 Å². The molecule has 2 atom stereocenters. The number of ether oxygens (including phenoxy) is 2. The summed E-state index contributed by atoms with van der Waals surface area (Å²) in [5.41, 5.74) is 1.54. The Bertz CT molecular complexity index is 1230. The first-order valence-electron chi connectivity index (χ1n) is 12.2. The molecule has 1 unspecified atom stereocenters. The van der Waals surface area contributed by atoms with E-state index in [1.807, 2.05) is 39.0 Å². The van der Waals surface area contributed by atoms with E-state index in [1.165, 1.54) is 9.47 Å². The van der Waals surface area contributed by atoms with Crippen LogP contribution in [0.25, 0.3) is 11.0 Å². The molecule has 2 aromatic rings. The SMILES string of the molecule is CN(C[C@H]1CN(Cc2cccc3c2n(C)c(=O)n3C2CCC(=O)NC2=O)CCO1)C(=O)OC(C)(C)C. The molecule has 11 heteroatoms. The summed E-state index contributed by atoms with van der Waals surface area (Å²) >= 11 is 0. The lowest BCUT2D eigenvalue weighted by atomic mass is 10.1. The third-order valence-corrected chi connectivity index (χ3v) is 6.51. The van der Waals surface area contributed by atoms with Crippen LogP contribution in [0.5, 0.6) is 0 Å². The average molecular weight is 502 g/mol. The Balaban J connectivity index is 1.51. The topological polar surface area (TPSA) is 115 Å². The lowest BCUT2D eigenvalue weighted by molar-refractivity contribution is -0.135. The van der Waals surface area contributed by atoms with Crippen LogP contribution in [0, 0.1) is 0 Å². The Kier molecular flexibility index (Phi) is 7.24. The van der Waals surface area contributed by atoms with Crippen molar-refractivity contribution in [2.45, 2.75) is 57.9 Å². The zero-order valence-electron chi connectivity index (χ0n) is 21.6. The summed E-state index contributed by atoms with van der Waals surface area (Å²) in [5, 5.41) is 2.34. The van der Waals surface area contributed by atoms with Crippen LogP contribution in [0.3, 0.4) is 0 Å². The lowest BCUT2D eigenvalue weighted by Crippen LogP contribution is -2.48. The van der Waals surface area contributed by atoms with E-state index in [-0.39, 0.29) is 24.1 Å². The van der Waals surface area contributed by atoms with Gasteiger partial charge in [0.1, 0.15) is 11.6 Å². The van der Waals surface area contributed by atoms with E-state index in [0.717, 1.165) is 11.1 Å². The maximum atomic E-state index is 13.2. The van der Waals surface area contributed by atoms with Gasteiger partial charge in [0.05, 0.1) is 30.3 Å². The van der Waals surface area contributed by atoms with E-state index >= 15 is 0 Å². The number of benzene rings is 1. The zero-order chi connectivity index (χ0) is 26.2. The molecule has 0 spiro atoms. The molecule has 2 aliphatic heterocycles. The highest BCUT2D eigenvalue weighted by Gasteiger charge is 2.32. The van der Waals surface area contributed by atoms with Crippen molar-refractivity contribution >= 4 is 28.9 Å². The van der Waals surface area contributed by atoms with Gasteiger partial charge in [-0.3, -0.25) is 28.9 Å². The normalized spacial score (nSPS) is 21.5. The number of piperidine rings is 1. The van der Waals surface area contributed by atoms with Crippen molar-refractivity contribution in [3.8, 4) is 0 Å². The highest BCUT2D eigenvalue weighted by molar-refractivity contribution is 6.00. The van der Waals surface area contributed by atoms with Gasteiger partial charge in [0.15, 0.2) is 0 Å². The number of nitrogens with zero attached hydrogens (tertiary/aromatic N) is 4. The van der Waals surface area contributed by atoms with Gasteiger partial charge in [-0.25, -0.2) is 9.59 Å². The monoisotopic (exact) mass is 501 g/mol. The van der Waals surface area contributed by atoms with Crippen molar-refractivity contribution in [2.75, 3.05) is 33.3 Å². The molecule has 1 N–H and O–H groups in total. The van der Waals surface area contributed by atoms with Gasteiger partial charge in [-0.05, 0) is 38.8 Å². The number of aromatic nitrogens is 2. The fourth-order valence-electron chi connectivity index (χ4n) is 4.87. The molecule has 1 aromatic carbocycles. The summed E-state index contributed by atoms with van der Waals surface area (Å²) in [6.45, 7) is 8.34. The Hall–Kier alpha value is -3.18. The van der Waals surface area contributed by atoms with E-state index in [9.17, 15) is 19.2 Å². The first kappa shape index (κ1) is 25.9. The largest absolute Gasteiger partial charge is 0.444 e. The maximum absolute atomic E-state index is 13.2. The van der Waals surface area contributed by atoms with Gasteiger partial charge in [-0.2, -0.15) is 0 Å². The van der Waals surface area contributed by atoms with Crippen LogP contribution in [0.15, 0.2) is 23.0 Å². The van der Waals surface area contributed by atoms with E-state index < -0.39 is 23.6 Å². The molecule has 2 aliphatic rings. The van der Waals surface area contributed by atoms with Gasteiger partial charge in [0.2, 0.25) is 11.8 Å². The second-order valence-electron chi connectivity index (χ2n) is 10.6. The average Bonchev–Trinajstić information content (AvgIpc) is 3.04. The van der Waals surface area contributed by atoms with Gasteiger partial charge >= 0.3 is 11.8 Å². The molecule has 2 fully saturated rings. The minimum atomic E-state index is -0.717. The smallest absolute Gasteiger partial charge is 0.410 e. The summed E-state index contributed by atoms with van der Waals surface area (Å²) in [6, 6.07) is 4.98. The predicted molar refractivity (Wildman–Crippen MR) is 132 cm³/mol. The molecule has 36 heavy (non-hydrogen) atoms. The summed E-state index contributed by atoms with van der Waals surface area (Å²) in [4.78, 5) is 53.4. The number of imidazole rings is 1. The Morgan fingerprint density at radius 2 is 2.00 bits per heavy atom. The summed E-state index contributed by atoms with van der Waals surface area (Å²) in [7, 11) is 3.40. The molecule has 4 rings (SSSR count). The van der Waals surface area contributed by atoms with Crippen LogP contribution >= 0.6 is 0 Å². The Morgan fingerprint density at radius 1 is 1.25 bits per heavy atom. The number of rotatable bonds is 5. The van der Waals surface area contributed by atoms with Crippen LogP contribution in [0.1, 0.15) is 45.2 Å². The number of likely N-dealkylation sites (N-methyl/N-ethyl adjacent to an activating group) is 1. The van der Waals surface area contributed by atoms with Crippen LogP contribution in [-0.2, 0) is 32.7 Å². The summed E-state index contributed by atoms with van der Waals surface area (Å²) in [6.07, 6.45) is -0.0686. The fourth-order valence-corrected chi connectivity index (χ4v) is 4.87. The van der Waals surface area contributed by atoms with Crippen LogP contribution < -0.4 is 11.0 Å². The number of imide groups is 1. The number of fused-ring (bicyclic) bond motifs is 1. The minimum Gasteiger partial charge on any atom is -0.444 e. The van der Waals surface area contributed by atoms with E-state index in [0.29, 0.717) is 44.7 Å². The lowest BCUT2D eigenvalue weighted by Gasteiger charge is -2.35. The predicted octanol–water partition coefficient (Wildman–Crippen LogP) is 1.39. The molecule has 11 nitrogen and oxygen atoms in total. The molecule has 0 aliphatic carbocycles. The number of aryl methyl sites for hydroxylation is 1. The second kappa shape index (κ2) is 10.1. The van der Waals surface area contributed by atoms with Crippen molar-refractivity contribution in [1.82, 2.24) is 24.3 Å². The van der Waals surface area contributed by atoms with Gasteiger partial charge in [-0.15, -0.1) is 0 Å². The number of hydrogen-bond acceptors (Lipinski definition) is 7. The third kappa shape index (κ3) is 5.46. The standard InChI is InChI=1S/C25H35N5O6/c1-25(2,3)36-24(34)27(4)14-17-15-29(11-12-35-17)13-16-7-6-8-18-21(16)28(5)23(33)30(18)19-9-10-20(31)26-22(19)32/h6-8,17,19H,9-15H2,1-5H3,(H,26,31,32)/t17-,19?/m0/s1. The van der Waals surface area contributed by atoms with E-state index in [1.54, 1.807) is 18.7 Å². The number of nitrogens with one attached hydrogen (secondary N) is 1. The molecule has 0 saturated carbocycles. The Labute approximate surface area is 209 Å². The van der Waals surface area contributed by atoms with Gasteiger partial charge < -0.3 is 14.4 Å². The second-order valence-corrected chi connectivity index (χ2v) is 10.6. The molecule has 0 bridgehead atoms. The van der Waals surface area contributed by atoms with E-state index in [2.05, 4.69) is 10.2 Å². The van der Waals surface area contributed by atoms with Crippen LogP contribution in [-0.4, -0.2) is 81.8 Å². The first-order chi connectivity index (χ1) is 16.9. The number of carbonyl (C=O) groups excluding carboxylic acids is 3. The number of amides is 3. The molecular weight excluding hydrogens is 466 g/mol. The van der Waals surface area contributed by atoms with Crippen molar-refractivity contribution < 1.29 is 23.9 Å². The third-order valence-electron chi connectivity index (χ3n) is 6.51. The van der Waals surface area contributed by atoms with Crippen molar-refractivity contribution in [1.29, 1.82) is 0 Å². The molecule has 1 aromatic heterocycles. The highest BCUT2D eigenvalue weighted by atomic mass is 16.6. The molecule has 3 heterocycles.